The van der Waals surface area contributed by atoms with Crippen molar-refractivity contribution in [1.29, 1.82) is 0 Å². The van der Waals surface area contributed by atoms with E-state index in [0.717, 1.165) is 30.0 Å². The molecule has 24 heavy (non-hydrogen) atoms. The van der Waals surface area contributed by atoms with Crippen molar-refractivity contribution >= 4 is 5.69 Å². The zero-order chi connectivity index (χ0) is 16.5. The van der Waals surface area contributed by atoms with Crippen LogP contribution in [0.4, 0.5) is 5.69 Å². The first-order chi connectivity index (χ1) is 11.9. The third-order valence-corrected chi connectivity index (χ3v) is 3.64. The Kier molecular flexibility index (Phi) is 5.86. The summed E-state index contributed by atoms with van der Waals surface area (Å²) in [7, 11) is 0. The third kappa shape index (κ3) is 4.86. The number of aromatic nitrogens is 2. The standard InChI is InChI=1S/C19H22N4O/c1-2-8-18(9-3-1)22-21-15-17-7-4-5-10-19(17)24-14-6-12-23-13-11-20-16-23/h1-5,7-11,13,16,21-22H,6,12,14-15H2. The van der Waals surface area contributed by atoms with Crippen LogP contribution in [0.25, 0.3) is 0 Å². The fourth-order valence-corrected chi connectivity index (χ4v) is 2.40. The molecule has 0 fully saturated rings. The molecule has 0 saturated carbocycles. The molecule has 2 aromatic carbocycles. The van der Waals surface area contributed by atoms with Gasteiger partial charge in [0, 0.05) is 36.7 Å². The van der Waals surface area contributed by atoms with Crippen molar-refractivity contribution in [2.45, 2.75) is 19.5 Å². The maximum Gasteiger partial charge on any atom is 0.123 e. The van der Waals surface area contributed by atoms with Gasteiger partial charge in [0.05, 0.1) is 12.9 Å². The topological polar surface area (TPSA) is 51.1 Å². The minimum Gasteiger partial charge on any atom is -0.493 e. The van der Waals surface area contributed by atoms with E-state index in [2.05, 4.69) is 26.5 Å². The van der Waals surface area contributed by atoms with Gasteiger partial charge in [0.15, 0.2) is 0 Å². The summed E-state index contributed by atoms with van der Waals surface area (Å²) < 4.78 is 7.99. The Morgan fingerprint density at radius 2 is 1.83 bits per heavy atom. The van der Waals surface area contributed by atoms with Crippen LogP contribution in [0.5, 0.6) is 5.75 Å². The van der Waals surface area contributed by atoms with E-state index in [4.69, 9.17) is 4.74 Å². The van der Waals surface area contributed by atoms with Crippen molar-refractivity contribution in [2.75, 3.05) is 12.0 Å². The lowest BCUT2D eigenvalue weighted by atomic mass is 10.2. The molecule has 2 N–H and O–H groups in total. The molecule has 0 saturated heterocycles. The number of rotatable bonds is 9. The number of nitrogens with one attached hydrogen (secondary N) is 2. The molecule has 5 nitrogen and oxygen atoms in total. The van der Waals surface area contributed by atoms with Gasteiger partial charge in [-0.05, 0) is 24.6 Å². The van der Waals surface area contributed by atoms with Gasteiger partial charge in [0.25, 0.3) is 0 Å². The first kappa shape index (κ1) is 16.1. The molecule has 1 heterocycles. The maximum absolute atomic E-state index is 5.94. The molecule has 0 aliphatic rings. The first-order valence-corrected chi connectivity index (χ1v) is 8.12. The van der Waals surface area contributed by atoms with Crippen molar-refractivity contribution in [3.63, 3.8) is 0 Å². The Hall–Kier alpha value is -2.79. The van der Waals surface area contributed by atoms with Gasteiger partial charge in [0.2, 0.25) is 0 Å². The van der Waals surface area contributed by atoms with Crippen LogP contribution in [0.3, 0.4) is 0 Å². The van der Waals surface area contributed by atoms with Crippen molar-refractivity contribution in [2.24, 2.45) is 0 Å². The molecule has 0 bridgehead atoms. The van der Waals surface area contributed by atoms with E-state index < -0.39 is 0 Å². The minimum absolute atomic E-state index is 0.682. The lowest BCUT2D eigenvalue weighted by Crippen LogP contribution is -2.21. The molecule has 124 valence electrons. The summed E-state index contributed by atoms with van der Waals surface area (Å²) in [6.45, 7) is 2.28. The van der Waals surface area contributed by atoms with Crippen molar-refractivity contribution in [3.8, 4) is 5.75 Å². The summed E-state index contributed by atoms with van der Waals surface area (Å²) in [5.74, 6) is 0.922. The Morgan fingerprint density at radius 3 is 2.67 bits per heavy atom. The maximum atomic E-state index is 5.94. The molecule has 0 atom stereocenters. The molecule has 0 aliphatic carbocycles. The monoisotopic (exact) mass is 322 g/mol. The summed E-state index contributed by atoms with van der Waals surface area (Å²) >= 11 is 0. The van der Waals surface area contributed by atoms with Crippen molar-refractivity contribution in [1.82, 2.24) is 15.0 Å². The summed E-state index contributed by atoms with van der Waals surface area (Å²) in [6.07, 6.45) is 6.53. The molecule has 0 aliphatic heterocycles. The van der Waals surface area contributed by atoms with Gasteiger partial charge in [-0.25, -0.2) is 10.4 Å². The average Bonchev–Trinajstić information content (AvgIpc) is 3.14. The van der Waals surface area contributed by atoms with E-state index >= 15 is 0 Å². The van der Waals surface area contributed by atoms with E-state index in [0.29, 0.717) is 13.2 Å². The second-order valence-electron chi connectivity index (χ2n) is 5.45. The van der Waals surface area contributed by atoms with E-state index in [1.165, 1.54) is 0 Å². The second kappa shape index (κ2) is 8.74. The predicted molar refractivity (Wildman–Crippen MR) is 95.7 cm³/mol. The summed E-state index contributed by atoms with van der Waals surface area (Å²) in [5.41, 5.74) is 8.59. The SMILES string of the molecule is c1ccc(NNCc2ccccc2OCCCn2ccnc2)cc1. The Labute approximate surface area is 142 Å². The summed E-state index contributed by atoms with van der Waals surface area (Å²) in [5, 5.41) is 0. The van der Waals surface area contributed by atoms with Crippen LogP contribution in [0.2, 0.25) is 0 Å². The smallest absolute Gasteiger partial charge is 0.123 e. The van der Waals surface area contributed by atoms with Crippen LogP contribution in [0, 0.1) is 0 Å². The highest BCUT2D eigenvalue weighted by Crippen LogP contribution is 2.18. The molecule has 0 radical (unpaired) electrons. The van der Waals surface area contributed by atoms with Gasteiger partial charge in [-0.2, -0.15) is 0 Å². The number of benzene rings is 2. The predicted octanol–water partition coefficient (Wildman–Crippen LogP) is 3.47. The number of hydrazine groups is 1. The quantitative estimate of drug-likeness (QED) is 0.468. The molecule has 5 heteroatoms. The zero-order valence-electron chi connectivity index (χ0n) is 13.6. The molecule has 0 amide bonds. The fraction of sp³-hybridized carbons (Fsp3) is 0.211. The van der Waals surface area contributed by atoms with Crippen LogP contribution in [-0.2, 0) is 13.1 Å². The molecule has 1 aromatic heterocycles. The first-order valence-electron chi connectivity index (χ1n) is 8.12. The Bertz CT molecular complexity index is 713. The van der Waals surface area contributed by atoms with Crippen LogP contribution in [0.15, 0.2) is 73.3 Å². The van der Waals surface area contributed by atoms with Crippen molar-refractivity contribution < 1.29 is 4.74 Å². The largest absolute Gasteiger partial charge is 0.493 e. The fourth-order valence-electron chi connectivity index (χ4n) is 2.40. The van der Waals surface area contributed by atoms with Gasteiger partial charge in [-0.1, -0.05) is 36.4 Å². The number of hydrogen-bond acceptors (Lipinski definition) is 4. The van der Waals surface area contributed by atoms with Crippen LogP contribution in [-0.4, -0.2) is 16.2 Å². The zero-order valence-corrected chi connectivity index (χ0v) is 13.6. The highest BCUT2D eigenvalue weighted by molar-refractivity contribution is 5.41. The van der Waals surface area contributed by atoms with Crippen LogP contribution in [0.1, 0.15) is 12.0 Å². The van der Waals surface area contributed by atoms with Gasteiger partial charge in [-0.3, -0.25) is 0 Å². The number of imidazole rings is 1. The van der Waals surface area contributed by atoms with Crippen LogP contribution < -0.4 is 15.6 Å². The van der Waals surface area contributed by atoms with Gasteiger partial charge in [-0.15, -0.1) is 0 Å². The summed E-state index contributed by atoms with van der Waals surface area (Å²) in [4.78, 5) is 4.04. The van der Waals surface area contributed by atoms with Gasteiger partial charge < -0.3 is 14.7 Å². The molecule has 3 aromatic rings. The van der Waals surface area contributed by atoms with Gasteiger partial charge in [0.1, 0.15) is 5.75 Å². The summed E-state index contributed by atoms with van der Waals surface area (Å²) in [6, 6.07) is 18.1. The number of anilines is 1. The molecular weight excluding hydrogens is 300 g/mol. The molecule has 0 spiro atoms. The second-order valence-corrected chi connectivity index (χ2v) is 5.45. The third-order valence-electron chi connectivity index (χ3n) is 3.64. The van der Waals surface area contributed by atoms with Gasteiger partial charge >= 0.3 is 0 Å². The Morgan fingerprint density at radius 1 is 1.00 bits per heavy atom. The lowest BCUT2D eigenvalue weighted by molar-refractivity contribution is 0.298. The Balaban J connectivity index is 1.45. The number of aryl methyl sites for hydroxylation is 1. The number of nitrogens with zero attached hydrogens (tertiary/aromatic N) is 2. The van der Waals surface area contributed by atoms with E-state index in [9.17, 15) is 0 Å². The van der Waals surface area contributed by atoms with E-state index in [1.54, 1.807) is 6.20 Å². The van der Waals surface area contributed by atoms with Crippen molar-refractivity contribution in [3.05, 3.63) is 78.9 Å². The van der Waals surface area contributed by atoms with Crippen LogP contribution >= 0.6 is 0 Å². The number of ether oxygens (including phenoxy) is 1. The minimum atomic E-state index is 0.682. The van der Waals surface area contributed by atoms with E-state index in [-0.39, 0.29) is 0 Å². The molecule has 0 unspecified atom stereocenters. The molecule has 3 rings (SSSR count). The lowest BCUT2D eigenvalue weighted by Gasteiger charge is -2.13. The molecular formula is C19H22N4O. The highest BCUT2D eigenvalue weighted by Gasteiger charge is 2.02. The average molecular weight is 322 g/mol. The number of para-hydroxylation sites is 2. The number of hydrogen-bond donors (Lipinski definition) is 2. The van der Waals surface area contributed by atoms with E-state index in [1.807, 2.05) is 61.1 Å². The highest BCUT2D eigenvalue weighted by atomic mass is 16.5. The normalized spacial score (nSPS) is 10.5.